The first-order valence-corrected chi connectivity index (χ1v) is 8.43. The Kier molecular flexibility index (Phi) is 4.82. The molecule has 2 aliphatic rings. The summed E-state index contributed by atoms with van der Waals surface area (Å²) in [5.41, 5.74) is 1.14. The van der Waals surface area contributed by atoms with E-state index in [0.717, 1.165) is 25.5 Å². The highest BCUT2D eigenvalue weighted by atomic mass is 16.1. The van der Waals surface area contributed by atoms with Crippen molar-refractivity contribution in [1.29, 1.82) is 0 Å². The Morgan fingerprint density at radius 1 is 1.43 bits per heavy atom. The average Bonchev–Trinajstić information content (AvgIpc) is 2.97. The SMILES string of the molecule is CN(C)CCNC(=O)c1ccc(NC2CC3(CCNC3)C2)nc1. The minimum absolute atomic E-state index is 0.0643. The number of aromatic nitrogens is 1. The van der Waals surface area contributed by atoms with E-state index < -0.39 is 0 Å². The molecular formula is C17H27N5O. The number of nitrogens with one attached hydrogen (secondary N) is 3. The molecule has 126 valence electrons. The lowest BCUT2D eigenvalue weighted by atomic mass is 9.65. The zero-order chi connectivity index (χ0) is 16.3. The summed E-state index contributed by atoms with van der Waals surface area (Å²) in [7, 11) is 3.97. The Labute approximate surface area is 138 Å². The van der Waals surface area contributed by atoms with E-state index in [4.69, 9.17) is 0 Å². The molecular weight excluding hydrogens is 290 g/mol. The first-order chi connectivity index (χ1) is 11.1. The number of likely N-dealkylation sites (N-methyl/N-ethyl adjacent to an activating group) is 1. The van der Waals surface area contributed by atoms with Crippen LogP contribution in [0.4, 0.5) is 5.82 Å². The van der Waals surface area contributed by atoms with Crippen LogP contribution >= 0.6 is 0 Å². The van der Waals surface area contributed by atoms with E-state index in [2.05, 4.69) is 20.9 Å². The molecule has 3 rings (SSSR count). The molecule has 1 aliphatic carbocycles. The molecule has 3 N–H and O–H groups in total. The molecule has 6 heteroatoms. The Morgan fingerprint density at radius 2 is 2.26 bits per heavy atom. The van der Waals surface area contributed by atoms with Crippen molar-refractivity contribution in [1.82, 2.24) is 20.5 Å². The molecule has 23 heavy (non-hydrogen) atoms. The highest BCUT2D eigenvalue weighted by Crippen LogP contribution is 2.46. The van der Waals surface area contributed by atoms with Gasteiger partial charge in [0.05, 0.1) is 5.56 Å². The monoisotopic (exact) mass is 317 g/mol. The molecule has 1 amide bonds. The van der Waals surface area contributed by atoms with Crippen molar-refractivity contribution < 1.29 is 4.79 Å². The van der Waals surface area contributed by atoms with E-state index in [0.29, 0.717) is 23.6 Å². The zero-order valence-corrected chi connectivity index (χ0v) is 14.1. The van der Waals surface area contributed by atoms with Crippen molar-refractivity contribution >= 4 is 11.7 Å². The first kappa shape index (κ1) is 16.2. The van der Waals surface area contributed by atoms with Crippen LogP contribution in [0.25, 0.3) is 0 Å². The quantitative estimate of drug-likeness (QED) is 0.728. The van der Waals surface area contributed by atoms with Gasteiger partial charge in [-0.25, -0.2) is 4.98 Å². The molecule has 1 saturated carbocycles. The Balaban J connectivity index is 1.45. The summed E-state index contributed by atoms with van der Waals surface area (Å²) in [6.07, 6.45) is 5.38. The van der Waals surface area contributed by atoms with Crippen molar-refractivity contribution in [2.45, 2.75) is 25.3 Å². The third kappa shape index (κ3) is 4.00. The summed E-state index contributed by atoms with van der Waals surface area (Å²) in [5, 5.41) is 9.83. The van der Waals surface area contributed by atoms with Crippen molar-refractivity contribution in [3.05, 3.63) is 23.9 Å². The molecule has 0 radical (unpaired) electrons. The summed E-state index contributed by atoms with van der Waals surface area (Å²) >= 11 is 0. The lowest BCUT2D eigenvalue weighted by Gasteiger charge is -2.45. The third-order valence-electron chi connectivity index (χ3n) is 4.91. The number of hydrogen-bond acceptors (Lipinski definition) is 5. The molecule has 6 nitrogen and oxygen atoms in total. The van der Waals surface area contributed by atoms with E-state index in [1.807, 2.05) is 31.1 Å². The third-order valence-corrected chi connectivity index (χ3v) is 4.91. The minimum atomic E-state index is -0.0643. The van der Waals surface area contributed by atoms with Gasteiger partial charge in [0.2, 0.25) is 0 Å². The van der Waals surface area contributed by atoms with Gasteiger partial charge in [-0.1, -0.05) is 0 Å². The number of pyridine rings is 1. The van der Waals surface area contributed by atoms with Crippen LogP contribution in [-0.4, -0.2) is 62.1 Å². The van der Waals surface area contributed by atoms with Gasteiger partial charge in [-0.2, -0.15) is 0 Å². The van der Waals surface area contributed by atoms with Crippen molar-refractivity contribution in [3.8, 4) is 0 Å². The van der Waals surface area contributed by atoms with E-state index in [1.165, 1.54) is 19.3 Å². The van der Waals surface area contributed by atoms with Crippen molar-refractivity contribution in [3.63, 3.8) is 0 Å². The molecule has 2 heterocycles. The van der Waals surface area contributed by atoms with Gasteiger partial charge >= 0.3 is 0 Å². The van der Waals surface area contributed by atoms with Crippen LogP contribution in [0.15, 0.2) is 18.3 Å². The summed E-state index contributed by atoms with van der Waals surface area (Å²) in [6, 6.07) is 4.26. The maximum atomic E-state index is 12.0. The molecule has 0 unspecified atom stereocenters. The maximum Gasteiger partial charge on any atom is 0.252 e. The molecule has 1 aromatic heterocycles. The summed E-state index contributed by atoms with van der Waals surface area (Å²) in [4.78, 5) is 18.4. The normalized spacial score (nSPS) is 26.3. The summed E-state index contributed by atoms with van der Waals surface area (Å²) < 4.78 is 0. The second kappa shape index (κ2) is 6.84. The van der Waals surface area contributed by atoms with Gasteiger partial charge in [0.25, 0.3) is 5.91 Å². The van der Waals surface area contributed by atoms with E-state index in [-0.39, 0.29) is 5.91 Å². The predicted molar refractivity (Wildman–Crippen MR) is 91.7 cm³/mol. The zero-order valence-electron chi connectivity index (χ0n) is 14.1. The van der Waals surface area contributed by atoms with Gasteiger partial charge in [0.15, 0.2) is 0 Å². The number of amides is 1. The topological polar surface area (TPSA) is 69.3 Å². The van der Waals surface area contributed by atoms with Crippen molar-refractivity contribution in [2.24, 2.45) is 5.41 Å². The van der Waals surface area contributed by atoms with Gasteiger partial charge in [-0.3, -0.25) is 4.79 Å². The van der Waals surface area contributed by atoms with E-state index in [9.17, 15) is 4.79 Å². The Morgan fingerprint density at radius 3 is 2.87 bits per heavy atom. The number of anilines is 1. The molecule has 1 aliphatic heterocycles. The minimum Gasteiger partial charge on any atom is -0.367 e. The second-order valence-electron chi connectivity index (χ2n) is 7.17. The van der Waals surface area contributed by atoms with Gasteiger partial charge in [0.1, 0.15) is 5.82 Å². The Bertz CT molecular complexity index is 528. The lowest BCUT2D eigenvalue weighted by Crippen LogP contribution is -2.46. The summed E-state index contributed by atoms with van der Waals surface area (Å²) in [5.74, 6) is 0.797. The first-order valence-electron chi connectivity index (χ1n) is 8.43. The molecule has 0 aromatic carbocycles. The Hall–Kier alpha value is -1.66. The van der Waals surface area contributed by atoms with E-state index >= 15 is 0 Å². The highest BCUT2D eigenvalue weighted by Gasteiger charge is 2.45. The standard InChI is InChI=1S/C17H27N5O/c1-22(2)8-7-19-16(23)13-3-4-15(20-11-13)21-14-9-17(10-14)5-6-18-12-17/h3-4,11,14,18H,5-10,12H2,1-2H3,(H,19,23)(H,20,21). The molecule has 1 aromatic rings. The predicted octanol–water partition coefficient (Wildman–Crippen LogP) is 0.927. The number of carbonyl (C=O) groups is 1. The largest absolute Gasteiger partial charge is 0.367 e. The maximum absolute atomic E-state index is 12.0. The van der Waals surface area contributed by atoms with Crippen LogP contribution in [0, 0.1) is 5.41 Å². The van der Waals surface area contributed by atoms with Gasteiger partial charge in [0, 0.05) is 31.9 Å². The summed E-state index contributed by atoms with van der Waals surface area (Å²) in [6.45, 7) is 3.79. The van der Waals surface area contributed by atoms with Crippen LogP contribution in [0.5, 0.6) is 0 Å². The second-order valence-corrected chi connectivity index (χ2v) is 7.17. The smallest absolute Gasteiger partial charge is 0.252 e. The molecule has 1 spiro atoms. The lowest BCUT2D eigenvalue weighted by molar-refractivity contribution is 0.0950. The number of nitrogens with zero attached hydrogens (tertiary/aromatic N) is 2. The number of carbonyl (C=O) groups excluding carboxylic acids is 1. The van der Waals surface area contributed by atoms with Crippen LogP contribution in [0.2, 0.25) is 0 Å². The van der Waals surface area contributed by atoms with Crippen LogP contribution < -0.4 is 16.0 Å². The van der Waals surface area contributed by atoms with Crippen LogP contribution in [0.1, 0.15) is 29.6 Å². The molecule has 0 atom stereocenters. The van der Waals surface area contributed by atoms with Crippen LogP contribution in [-0.2, 0) is 0 Å². The molecule has 1 saturated heterocycles. The fraction of sp³-hybridized carbons (Fsp3) is 0.647. The fourth-order valence-electron chi connectivity index (χ4n) is 3.55. The van der Waals surface area contributed by atoms with Gasteiger partial charge in [-0.05, 0) is 57.5 Å². The fourth-order valence-corrected chi connectivity index (χ4v) is 3.55. The number of hydrogen-bond donors (Lipinski definition) is 3. The average molecular weight is 317 g/mol. The van der Waals surface area contributed by atoms with Gasteiger partial charge in [-0.15, -0.1) is 0 Å². The highest BCUT2D eigenvalue weighted by molar-refractivity contribution is 5.94. The van der Waals surface area contributed by atoms with Crippen molar-refractivity contribution in [2.75, 3.05) is 45.6 Å². The van der Waals surface area contributed by atoms with Gasteiger partial charge < -0.3 is 20.9 Å². The molecule has 0 bridgehead atoms. The number of rotatable bonds is 6. The molecule has 2 fully saturated rings. The van der Waals surface area contributed by atoms with E-state index in [1.54, 1.807) is 6.20 Å². The van der Waals surface area contributed by atoms with Crippen LogP contribution in [0.3, 0.4) is 0 Å².